The van der Waals surface area contributed by atoms with Gasteiger partial charge in [0, 0.05) is 34.0 Å². The lowest BCUT2D eigenvalue weighted by molar-refractivity contribution is 0.122. The van der Waals surface area contributed by atoms with Gasteiger partial charge in [0.15, 0.2) is 0 Å². The number of rotatable bonds is 3. The van der Waals surface area contributed by atoms with Crippen molar-refractivity contribution in [2.45, 2.75) is 57.7 Å². The first-order valence-corrected chi connectivity index (χ1v) is 9.67. The quantitative estimate of drug-likeness (QED) is 0.810. The van der Waals surface area contributed by atoms with E-state index in [2.05, 4.69) is 43.2 Å². The van der Waals surface area contributed by atoms with Gasteiger partial charge in [0.25, 0.3) is 0 Å². The first-order valence-electron chi connectivity index (χ1n) is 9.67. The van der Waals surface area contributed by atoms with Gasteiger partial charge in [0.05, 0.1) is 18.0 Å². The van der Waals surface area contributed by atoms with Crippen LogP contribution >= 0.6 is 0 Å². The maximum Gasteiger partial charge on any atom is 0.133 e. The molecule has 4 rings (SSSR count). The Labute approximate surface area is 164 Å². The Morgan fingerprint density at radius 3 is 2.29 bits per heavy atom. The smallest absolute Gasteiger partial charge is 0.133 e. The number of piperidine rings is 1. The van der Waals surface area contributed by atoms with Crippen LogP contribution in [0.5, 0.6) is 0 Å². The summed E-state index contributed by atoms with van der Waals surface area (Å²) in [7, 11) is 0. The van der Waals surface area contributed by atoms with Gasteiger partial charge in [0.2, 0.25) is 0 Å². The topological polar surface area (TPSA) is 53.1 Å². The Morgan fingerprint density at radius 2 is 1.64 bits per heavy atom. The lowest BCUT2D eigenvalue weighted by Crippen LogP contribution is -2.58. The van der Waals surface area contributed by atoms with Crippen molar-refractivity contribution in [1.29, 1.82) is 0 Å². The largest absolute Gasteiger partial charge is 0.307 e. The Hall–Kier alpha value is -2.34. The highest BCUT2D eigenvalue weighted by Gasteiger charge is 2.40. The van der Waals surface area contributed by atoms with E-state index in [0.717, 1.165) is 12.8 Å². The van der Waals surface area contributed by atoms with Crippen LogP contribution in [0.25, 0.3) is 11.1 Å². The van der Waals surface area contributed by atoms with Gasteiger partial charge in [-0.3, -0.25) is 10.1 Å². The fourth-order valence-electron chi connectivity index (χ4n) is 4.86. The van der Waals surface area contributed by atoms with E-state index in [-0.39, 0.29) is 28.2 Å². The van der Waals surface area contributed by atoms with Crippen LogP contribution in [0.15, 0.2) is 41.7 Å². The number of nitrogens with one attached hydrogen (secondary N) is 2. The van der Waals surface area contributed by atoms with Crippen LogP contribution in [-0.4, -0.2) is 33.0 Å². The highest BCUT2D eigenvalue weighted by atomic mass is 19.1. The molecule has 3 heterocycles. The average Bonchev–Trinajstić information content (AvgIpc) is 3.24. The number of aromatic nitrogens is 2. The molecule has 6 heteroatoms. The zero-order chi connectivity index (χ0) is 20.1. The molecular weight excluding hydrogens is 358 g/mol. The normalized spacial score (nSPS) is 23.8. The Bertz CT molecular complexity index is 926. The molecule has 1 fully saturated rings. The highest BCUT2D eigenvalue weighted by molar-refractivity contribution is 6.10. The summed E-state index contributed by atoms with van der Waals surface area (Å²) in [6.45, 7) is 8.81. The van der Waals surface area contributed by atoms with Gasteiger partial charge in [-0.15, -0.1) is 0 Å². The molecule has 0 aliphatic carbocycles. The van der Waals surface area contributed by atoms with Gasteiger partial charge >= 0.3 is 0 Å². The predicted octanol–water partition coefficient (Wildman–Crippen LogP) is 4.64. The van der Waals surface area contributed by atoms with Gasteiger partial charge in [0.1, 0.15) is 11.6 Å². The second-order valence-corrected chi connectivity index (χ2v) is 9.22. The average molecular weight is 384 g/mol. The van der Waals surface area contributed by atoms with Crippen molar-refractivity contribution in [3.8, 4) is 11.1 Å². The summed E-state index contributed by atoms with van der Waals surface area (Å²) >= 11 is 0. The molecule has 1 aromatic heterocycles. The lowest BCUT2D eigenvalue weighted by Gasteiger charge is -2.47. The van der Waals surface area contributed by atoms with E-state index >= 15 is 0 Å². The van der Waals surface area contributed by atoms with Gasteiger partial charge < -0.3 is 5.32 Å². The molecule has 2 N–H and O–H groups in total. The van der Waals surface area contributed by atoms with E-state index < -0.39 is 11.6 Å². The first-order chi connectivity index (χ1) is 13.1. The maximum absolute atomic E-state index is 14.8. The van der Waals surface area contributed by atoms with E-state index in [1.807, 2.05) is 12.2 Å². The van der Waals surface area contributed by atoms with Crippen molar-refractivity contribution in [2.24, 2.45) is 10.9 Å². The van der Waals surface area contributed by atoms with Crippen molar-refractivity contribution in [3.63, 3.8) is 0 Å². The van der Waals surface area contributed by atoms with Crippen molar-refractivity contribution < 1.29 is 8.78 Å². The number of halogens is 2. The molecule has 2 aromatic rings. The minimum atomic E-state index is -0.485. The standard InChI is InChI=1S/C22H26F2N4/c1-21(2)9-13(10-22(3,4)28-21)19-5-6-20(27-19)16-8-17(23)15(7-18(16)24)14-11-25-26-12-14/h5-8,11-13,19,28H,9-10H2,1-4H3,(H,25,26). The van der Waals surface area contributed by atoms with E-state index in [1.54, 1.807) is 6.20 Å². The van der Waals surface area contributed by atoms with Crippen molar-refractivity contribution >= 4 is 5.71 Å². The van der Waals surface area contributed by atoms with Crippen LogP contribution in [-0.2, 0) is 0 Å². The van der Waals surface area contributed by atoms with Gasteiger partial charge in [-0.05, 0) is 64.7 Å². The summed E-state index contributed by atoms with van der Waals surface area (Å²) in [6.07, 6.45) is 8.83. The Balaban J connectivity index is 1.61. The number of benzene rings is 1. The molecule has 4 nitrogen and oxygen atoms in total. The zero-order valence-electron chi connectivity index (χ0n) is 16.7. The molecular formula is C22H26F2N4. The van der Waals surface area contributed by atoms with E-state index in [9.17, 15) is 8.78 Å². The van der Waals surface area contributed by atoms with E-state index in [0.29, 0.717) is 17.2 Å². The summed E-state index contributed by atoms with van der Waals surface area (Å²) in [5.41, 5.74) is 1.45. The molecule has 1 saturated heterocycles. The third kappa shape index (κ3) is 3.65. The van der Waals surface area contributed by atoms with Gasteiger partial charge in [-0.25, -0.2) is 8.78 Å². The van der Waals surface area contributed by atoms with Crippen LogP contribution in [0.2, 0.25) is 0 Å². The second-order valence-electron chi connectivity index (χ2n) is 9.22. The highest BCUT2D eigenvalue weighted by Crippen LogP contribution is 2.37. The third-order valence-electron chi connectivity index (χ3n) is 5.59. The first kappa shape index (κ1) is 19.0. The molecule has 0 bridgehead atoms. The Kier molecular flexibility index (Phi) is 4.49. The molecule has 1 aromatic carbocycles. The number of allylic oxidation sites excluding steroid dienone is 1. The molecule has 1 atom stereocenters. The molecule has 28 heavy (non-hydrogen) atoms. The van der Waals surface area contributed by atoms with E-state index in [1.165, 1.54) is 18.3 Å². The summed E-state index contributed by atoms with van der Waals surface area (Å²) in [4.78, 5) is 4.76. The molecule has 0 amide bonds. The molecule has 2 aliphatic rings. The molecule has 0 radical (unpaired) electrons. The van der Waals surface area contributed by atoms with Gasteiger partial charge in [-0.1, -0.05) is 6.08 Å². The minimum Gasteiger partial charge on any atom is -0.307 e. The fourth-order valence-corrected chi connectivity index (χ4v) is 4.86. The van der Waals surface area contributed by atoms with Crippen LogP contribution < -0.4 is 5.32 Å². The summed E-state index contributed by atoms with van der Waals surface area (Å²) in [6, 6.07) is 2.45. The van der Waals surface area contributed by atoms with Gasteiger partial charge in [-0.2, -0.15) is 5.10 Å². The Morgan fingerprint density at radius 1 is 1.00 bits per heavy atom. The minimum absolute atomic E-state index is 0.00772. The van der Waals surface area contributed by atoms with Crippen molar-refractivity contribution in [2.75, 3.05) is 0 Å². The SMILES string of the molecule is CC1(C)CC(C2C=CC(c3cc(F)c(-c4cn[nH]c4)cc3F)=N2)CC(C)(C)N1. The summed E-state index contributed by atoms with van der Waals surface area (Å²) in [5.74, 6) is -0.604. The number of H-pyrrole nitrogens is 1. The lowest BCUT2D eigenvalue weighted by atomic mass is 9.73. The number of hydrogen-bond donors (Lipinski definition) is 2. The van der Waals surface area contributed by atoms with Crippen molar-refractivity contribution in [3.05, 3.63) is 53.9 Å². The number of hydrogen-bond acceptors (Lipinski definition) is 3. The van der Waals surface area contributed by atoms with Crippen LogP contribution in [0, 0.1) is 17.6 Å². The monoisotopic (exact) mass is 384 g/mol. The predicted molar refractivity (Wildman–Crippen MR) is 107 cm³/mol. The maximum atomic E-state index is 14.8. The zero-order valence-corrected chi connectivity index (χ0v) is 16.7. The fraction of sp³-hybridized carbons (Fsp3) is 0.455. The number of aliphatic imine (C=N–C) groups is 1. The third-order valence-corrected chi connectivity index (χ3v) is 5.59. The number of aromatic amines is 1. The summed E-state index contributed by atoms with van der Waals surface area (Å²) < 4.78 is 29.4. The van der Waals surface area contributed by atoms with Crippen LogP contribution in [0.1, 0.15) is 46.1 Å². The van der Waals surface area contributed by atoms with Crippen LogP contribution in [0.3, 0.4) is 0 Å². The van der Waals surface area contributed by atoms with E-state index in [4.69, 9.17) is 4.99 Å². The molecule has 0 spiro atoms. The molecule has 2 aliphatic heterocycles. The molecule has 148 valence electrons. The molecule has 0 saturated carbocycles. The number of nitrogens with zero attached hydrogens (tertiary/aromatic N) is 2. The molecule has 1 unspecified atom stereocenters. The van der Waals surface area contributed by atoms with Crippen molar-refractivity contribution in [1.82, 2.24) is 15.5 Å². The summed E-state index contributed by atoms with van der Waals surface area (Å²) in [5, 5.41) is 10.1. The van der Waals surface area contributed by atoms with Crippen LogP contribution in [0.4, 0.5) is 8.78 Å². The second kappa shape index (κ2) is 6.62.